The summed E-state index contributed by atoms with van der Waals surface area (Å²) in [4.78, 5) is 25.4. The van der Waals surface area contributed by atoms with E-state index in [-0.39, 0.29) is 12.6 Å². The van der Waals surface area contributed by atoms with Gasteiger partial charge in [0.05, 0.1) is 13.7 Å². The van der Waals surface area contributed by atoms with Gasteiger partial charge in [0, 0.05) is 13.0 Å². The van der Waals surface area contributed by atoms with Crippen LogP contribution in [0.2, 0.25) is 0 Å². The molecule has 0 aliphatic rings. The molecule has 0 unspecified atom stereocenters. The SMILES string of the molecule is C=CCOc1ccc(CNc2nc(Cc3ccc(C(=O)OC)c(OCC=C)c3)nc(OCC)n2)cc1. The molecule has 1 heterocycles. The van der Waals surface area contributed by atoms with Crippen molar-refractivity contribution in [3.63, 3.8) is 0 Å². The predicted octanol–water partition coefficient (Wildman–Crippen LogP) is 4.39. The van der Waals surface area contributed by atoms with Crippen LogP contribution in [0.15, 0.2) is 67.8 Å². The third kappa shape index (κ3) is 7.56. The predicted molar refractivity (Wildman–Crippen MR) is 137 cm³/mol. The standard InChI is InChI=1S/C27H30N4O5/c1-5-14-35-21-11-8-19(9-12-21)18-28-26-29-24(30-27(31-26)34-7-3)17-20-10-13-22(25(32)33-4)23(16-20)36-15-6-2/h5-6,8-13,16H,1-2,7,14-15,17-18H2,3-4H3,(H,28,29,30,31). The van der Waals surface area contributed by atoms with Gasteiger partial charge in [0.2, 0.25) is 5.95 Å². The second kappa shape index (κ2) is 13.5. The fourth-order valence-electron chi connectivity index (χ4n) is 3.20. The van der Waals surface area contributed by atoms with Gasteiger partial charge in [-0.2, -0.15) is 15.0 Å². The maximum absolute atomic E-state index is 12.1. The van der Waals surface area contributed by atoms with Crippen LogP contribution in [-0.4, -0.2) is 47.9 Å². The highest BCUT2D eigenvalue weighted by Gasteiger charge is 2.15. The van der Waals surface area contributed by atoms with Crippen molar-refractivity contribution in [1.82, 2.24) is 15.0 Å². The van der Waals surface area contributed by atoms with Crippen molar-refractivity contribution in [2.24, 2.45) is 0 Å². The highest BCUT2D eigenvalue weighted by atomic mass is 16.5. The summed E-state index contributed by atoms with van der Waals surface area (Å²) >= 11 is 0. The Labute approximate surface area is 210 Å². The number of methoxy groups -OCH3 is 1. The Balaban J connectivity index is 1.77. The van der Waals surface area contributed by atoms with Crippen molar-refractivity contribution in [1.29, 1.82) is 0 Å². The van der Waals surface area contributed by atoms with Crippen LogP contribution in [0.5, 0.6) is 17.5 Å². The number of carbonyl (C=O) groups excluding carboxylic acids is 1. The first-order chi connectivity index (χ1) is 17.6. The monoisotopic (exact) mass is 490 g/mol. The smallest absolute Gasteiger partial charge is 0.341 e. The Morgan fingerprint density at radius 1 is 0.944 bits per heavy atom. The fraction of sp³-hybridized carbons (Fsp3) is 0.259. The van der Waals surface area contributed by atoms with E-state index in [0.717, 1.165) is 16.9 Å². The van der Waals surface area contributed by atoms with E-state index in [9.17, 15) is 4.79 Å². The summed E-state index contributed by atoms with van der Waals surface area (Å²) in [5.74, 6) is 1.59. The zero-order valence-corrected chi connectivity index (χ0v) is 20.5. The molecule has 3 rings (SSSR count). The van der Waals surface area contributed by atoms with Crippen molar-refractivity contribution in [2.45, 2.75) is 19.9 Å². The van der Waals surface area contributed by atoms with Gasteiger partial charge in [-0.1, -0.05) is 43.5 Å². The summed E-state index contributed by atoms with van der Waals surface area (Å²) in [7, 11) is 1.33. The van der Waals surface area contributed by atoms with Gasteiger partial charge in [-0.15, -0.1) is 0 Å². The van der Waals surface area contributed by atoms with Gasteiger partial charge in [-0.25, -0.2) is 4.79 Å². The van der Waals surface area contributed by atoms with E-state index >= 15 is 0 Å². The maximum Gasteiger partial charge on any atom is 0.341 e. The average Bonchev–Trinajstić information content (AvgIpc) is 2.90. The molecule has 9 nitrogen and oxygen atoms in total. The van der Waals surface area contributed by atoms with E-state index in [1.807, 2.05) is 31.2 Å². The molecule has 0 saturated heterocycles. The van der Waals surface area contributed by atoms with Crippen molar-refractivity contribution < 1.29 is 23.7 Å². The molecule has 0 radical (unpaired) electrons. The number of ether oxygens (including phenoxy) is 4. The number of hydrogen-bond acceptors (Lipinski definition) is 9. The summed E-state index contributed by atoms with van der Waals surface area (Å²) in [6.45, 7) is 10.8. The average molecular weight is 491 g/mol. The van der Waals surface area contributed by atoms with E-state index in [4.69, 9.17) is 18.9 Å². The van der Waals surface area contributed by atoms with Crippen LogP contribution in [0.3, 0.4) is 0 Å². The third-order valence-corrected chi connectivity index (χ3v) is 4.85. The Morgan fingerprint density at radius 2 is 1.67 bits per heavy atom. The van der Waals surface area contributed by atoms with Gasteiger partial charge in [-0.3, -0.25) is 0 Å². The molecule has 0 atom stereocenters. The summed E-state index contributed by atoms with van der Waals surface area (Å²) in [5.41, 5.74) is 2.21. The third-order valence-electron chi connectivity index (χ3n) is 4.85. The Hall–Kier alpha value is -4.40. The fourth-order valence-corrected chi connectivity index (χ4v) is 3.20. The van der Waals surface area contributed by atoms with Gasteiger partial charge in [0.25, 0.3) is 0 Å². The second-order valence-corrected chi connectivity index (χ2v) is 7.49. The zero-order chi connectivity index (χ0) is 25.8. The largest absolute Gasteiger partial charge is 0.490 e. The highest BCUT2D eigenvalue weighted by Crippen LogP contribution is 2.23. The number of nitrogens with zero attached hydrogens (tertiary/aromatic N) is 3. The number of rotatable bonds is 14. The molecule has 0 fully saturated rings. The minimum atomic E-state index is -0.480. The Bertz CT molecular complexity index is 1180. The van der Waals surface area contributed by atoms with Crippen LogP contribution in [0.1, 0.15) is 34.2 Å². The minimum absolute atomic E-state index is 0.229. The molecule has 9 heteroatoms. The zero-order valence-electron chi connectivity index (χ0n) is 20.5. The molecule has 2 aromatic carbocycles. The van der Waals surface area contributed by atoms with E-state index in [1.165, 1.54) is 7.11 Å². The number of anilines is 1. The first-order valence-corrected chi connectivity index (χ1v) is 11.5. The molecular weight excluding hydrogens is 460 g/mol. The minimum Gasteiger partial charge on any atom is -0.490 e. The van der Waals surface area contributed by atoms with Gasteiger partial charge in [0.1, 0.15) is 36.1 Å². The molecule has 3 aromatic rings. The van der Waals surface area contributed by atoms with E-state index in [2.05, 4.69) is 33.4 Å². The van der Waals surface area contributed by atoms with Crippen LogP contribution in [0.25, 0.3) is 0 Å². The Kier molecular flexibility index (Phi) is 9.81. The lowest BCUT2D eigenvalue weighted by atomic mass is 10.1. The number of aromatic nitrogens is 3. The first kappa shape index (κ1) is 26.2. The molecule has 0 aliphatic heterocycles. The summed E-state index contributed by atoms with van der Waals surface area (Å²) in [5, 5.41) is 3.22. The number of hydrogen-bond donors (Lipinski definition) is 1. The number of carbonyl (C=O) groups is 1. The van der Waals surface area contributed by atoms with Crippen LogP contribution < -0.4 is 19.5 Å². The molecule has 0 bridgehead atoms. The number of benzene rings is 2. The van der Waals surface area contributed by atoms with Gasteiger partial charge in [0.15, 0.2) is 0 Å². The first-order valence-electron chi connectivity index (χ1n) is 11.5. The molecule has 1 aromatic heterocycles. The quantitative estimate of drug-likeness (QED) is 0.260. The number of esters is 1. The molecule has 0 saturated carbocycles. The van der Waals surface area contributed by atoms with Gasteiger partial charge in [-0.05, 0) is 42.3 Å². The van der Waals surface area contributed by atoms with Crippen molar-refractivity contribution in [3.05, 3.63) is 90.3 Å². The van der Waals surface area contributed by atoms with E-state index < -0.39 is 5.97 Å². The summed E-state index contributed by atoms with van der Waals surface area (Å²) in [6, 6.07) is 13.2. The summed E-state index contributed by atoms with van der Waals surface area (Å²) in [6.07, 6.45) is 3.68. The molecule has 0 amide bonds. The second-order valence-electron chi connectivity index (χ2n) is 7.49. The molecule has 1 N–H and O–H groups in total. The van der Waals surface area contributed by atoms with Gasteiger partial charge < -0.3 is 24.3 Å². The van der Waals surface area contributed by atoms with Crippen molar-refractivity contribution in [2.75, 3.05) is 32.2 Å². The van der Waals surface area contributed by atoms with E-state index in [1.54, 1.807) is 30.4 Å². The molecule has 0 spiro atoms. The normalized spacial score (nSPS) is 10.3. The highest BCUT2D eigenvalue weighted by molar-refractivity contribution is 5.92. The Morgan fingerprint density at radius 3 is 2.36 bits per heavy atom. The van der Waals surface area contributed by atoms with Crippen LogP contribution in [0.4, 0.5) is 5.95 Å². The molecule has 188 valence electrons. The molecule has 36 heavy (non-hydrogen) atoms. The molecule has 0 aliphatic carbocycles. The van der Waals surface area contributed by atoms with Crippen LogP contribution in [-0.2, 0) is 17.7 Å². The summed E-state index contributed by atoms with van der Waals surface area (Å²) < 4.78 is 21.6. The maximum atomic E-state index is 12.1. The van der Waals surface area contributed by atoms with Crippen molar-refractivity contribution >= 4 is 11.9 Å². The van der Waals surface area contributed by atoms with Crippen LogP contribution >= 0.6 is 0 Å². The lowest BCUT2D eigenvalue weighted by Gasteiger charge is -2.12. The topological polar surface area (TPSA) is 105 Å². The lowest BCUT2D eigenvalue weighted by Crippen LogP contribution is -2.10. The lowest BCUT2D eigenvalue weighted by molar-refractivity contribution is 0.0596. The van der Waals surface area contributed by atoms with Crippen LogP contribution in [0, 0.1) is 0 Å². The van der Waals surface area contributed by atoms with Crippen molar-refractivity contribution in [3.8, 4) is 17.5 Å². The molecular formula is C27H30N4O5. The number of nitrogens with one attached hydrogen (secondary N) is 1. The van der Waals surface area contributed by atoms with E-state index in [0.29, 0.717) is 49.3 Å². The van der Waals surface area contributed by atoms with Gasteiger partial charge >= 0.3 is 12.0 Å².